The van der Waals surface area contributed by atoms with Crippen LogP contribution in [0.25, 0.3) is 0 Å². The number of nitrogens with zero attached hydrogens (tertiary/aromatic N) is 4. The molecule has 0 unspecified atom stereocenters. The molecule has 0 saturated carbocycles. The highest BCUT2D eigenvalue weighted by atomic mass is 35.5. The fraction of sp³-hybridized carbons (Fsp3) is 0.306. The molecule has 3 aromatic carbocycles. The van der Waals surface area contributed by atoms with Gasteiger partial charge in [-0.3, -0.25) is 19.8 Å². The smallest absolute Gasteiger partial charge is 0.413 e. The molecular weight excluding hydrogens is 994 g/mol. The summed E-state index contributed by atoms with van der Waals surface area (Å²) >= 11 is 11.5. The fourth-order valence-electron chi connectivity index (χ4n) is 7.22. The number of hydrogen-bond acceptors (Lipinski definition) is 15. The zero-order chi connectivity index (χ0) is 50.2. The number of aliphatic carboxylic acids is 1. The summed E-state index contributed by atoms with van der Waals surface area (Å²) in [4.78, 5) is 84.1. The Bertz CT molecular complexity index is 2690. The minimum Gasteiger partial charge on any atom is -0.477 e. The predicted molar refractivity (Wildman–Crippen MR) is 274 cm³/mol. The number of carbonyl (C=O) groups is 5. The van der Waals surface area contributed by atoms with Crippen LogP contribution in [0.3, 0.4) is 0 Å². The summed E-state index contributed by atoms with van der Waals surface area (Å²) in [7, 11) is 0. The van der Waals surface area contributed by atoms with Crippen LogP contribution in [0.5, 0.6) is 0 Å². The van der Waals surface area contributed by atoms with Gasteiger partial charge in [0.15, 0.2) is 10.2 Å². The number of thioether (sulfide) groups is 3. The normalized spacial score (nSPS) is 16.1. The second-order valence-corrected chi connectivity index (χ2v) is 22.7. The average Bonchev–Trinajstić information content (AvgIpc) is 3.66. The lowest BCUT2D eigenvalue weighted by Crippen LogP contribution is -2.71. The van der Waals surface area contributed by atoms with Gasteiger partial charge in [-0.05, 0) is 53.7 Å². The molecule has 7 rings (SSSR count). The number of β-lactam (4-membered cyclic amide) rings is 1. The molecule has 1 fully saturated rings. The lowest BCUT2D eigenvalue weighted by atomic mass is 9.80. The minimum absolute atomic E-state index is 0.0182. The van der Waals surface area contributed by atoms with Gasteiger partial charge in [0.2, 0.25) is 5.60 Å². The van der Waals surface area contributed by atoms with Gasteiger partial charge in [0.1, 0.15) is 39.8 Å². The number of fused-ring (bicyclic) bond motifs is 1. The number of pyridine rings is 1. The molecule has 21 heteroatoms. The Balaban J connectivity index is 1.16. The van der Waals surface area contributed by atoms with Crippen molar-refractivity contribution >= 4 is 99.7 Å². The molecule has 0 aliphatic carbocycles. The van der Waals surface area contributed by atoms with Crippen molar-refractivity contribution in [3.8, 4) is 0 Å². The van der Waals surface area contributed by atoms with Crippen molar-refractivity contribution in [1.82, 2.24) is 25.5 Å². The van der Waals surface area contributed by atoms with Gasteiger partial charge in [0.25, 0.3) is 11.8 Å². The molecule has 16 nitrogen and oxygen atoms in total. The number of nitrogens with one attached hydrogen (secondary N) is 3. The zero-order valence-corrected chi connectivity index (χ0v) is 42.9. The highest BCUT2D eigenvalue weighted by Crippen LogP contribution is 2.48. The van der Waals surface area contributed by atoms with Gasteiger partial charge in [0.05, 0.1) is 9.90 Å². The molecule has 70 heavy (non-hydrogen) atoms. The van der Waals surface area contributed by atoms with E-state index >= 15 is 0 Å². The molecular formula is C49H50ClN7O9S4. The summed E-state index contributed by atoms with van der Waals surface area (Å²) in [6.45, 7) is 10.9. The summed E-state index contributed by atoms with van der Waals surface area (Å²) in [5.74, 6) is -1.63. The number of benzene rings is 3. The SMILES string of the molecule is CC(C)(C)OC(=O)NCCSCc1nc(Cl)sc1SC1=C(C(=O)O)N2C(=O)[C@@H](NC(=O)C(=NOC(c3ccccc3)(c3ccccc3)c3ccccc3)c3cccc(NC(=O)OC(C)(C)C)n3)[C@@H]2SC1. The number of carboxylic acid groups (broad SMARTS) is 1. The number of alkyl carbamates (subject to hydrolysis) is 1. The molecule has 4 N–H and O–H groups in total. The number of hydrogen-bond donors (Lipinski definition) is 4. The van der Waals surface area contributed by atoms with Gasteiger partial charge in [-0.15, -0.1) is 11.8 Å². The maximum absolute atomic E-state index is 14.8. The van der Waals surface area contributed by atoms with E-state index in [2.05, 4.69) is 31.1 Å². The number of carbonyl (C=O) groups excluding carboxylic acids is 4. The van der Waals surface area contributed by atoms with E-state index in [1.807, 2.05) is 91.0 Å². The molecule has 0 spiro atoms. The molecule has 2 aliphatic rings. The standard InChI is InChI=1S/C49H50ClN7O9S4/c1-47(2,3)64-45(62)51-25-26-67-27-33-43(70-44(50)53-33)69-34-28-68-41-37(40(59)57(41)38(34)42(60)61)55-39(58)36(32-23-16-24-35(52-32)54-46(63)65-48(4,5)6)56-66-49(29-17-10-7-11-18-29,30-19-12-8-13-20-30)31-21-14-9-15-22-31/h7-24,37,41H,25-28H2,1-6H3,(H,51,62)(H,55,58)(H,60,61)(H,52,54,63)/t37-,41+/m1/s1. The largest absolute Gasteiger partial charge is 0.477 e. The number of carboxylic acids is 1. The third kappa shape index (κ3) is 12.6. The first-order valence-corrected chi connectivity index (χ1v) is 26.0. The van der Waals surface area contributed by atoms with Crippen molar-refractivity contribution in [2.75, 3.05) is 23.4 Å². The molecule has 2 aromatic heterocycles. The third-order valence-corrected chi connectivity index (χ3v) is 15.0. The molecule has 4 amide bonds. The van der Waals surface area contributed by atoms with Crippen molar-refractivity contribution in [2.45, 2.75) is 79.7 Å². The van der Waals surface area contributed by atoms with Crippen LogP contribution < -0.4 is 16.0 Å². The first kappa shape index (κ1) is 51.8. The van der Waals surface area contributed by atoms with E-state index in [-0.39, 0.29) is 33.1 Å². The number of aromatic nitrogens is 2. The highest BCUT2D eigenvalue weighted by Gasteiger charge is 2.55. The number of oxime groups is 1. The quantitative estimate of drug-likeness (QED) is 0.0225. The number of ether oxygens (including phenoxy) is 2. The van der Waals surface area contributed by atoms with Gasteiger partial charge >= 0.3 is 18.2 Å². The predicted octanol–water partition coefficient (Wildman–Crippen LogP) is 9.50. The van der Waals surface area contributed by atoms with Crippen LogP contribution in [0.2, 0.25) is 4.47 Å². The van der Waals surface area contributed by atoms with Crippen LogP contribution in [-0.4, -0.2) is 96.3 Å². The van der Waals surface area contributed by atoms with Crippen molar-refractivity contribution in [2.24, 2.45) is 5.16 Å². The van der Waals surface area contributed by atoms with Crippen LogP contribution in [0.1, 0.15) is 69.6 Å². The van der Waals surface area contributed by atoms with Crippen molar-refractivity contribution in [3.05, 3.63) is 152 Å². The van der Waals surface area contributed by atoms with E-state index in [1.54, 1.807) is 47.6 Å². The third-order valence-electron chi connectivity index (χ3n) is 10.1. The van der Waals surface area contributed by atoms with Gasteiger partial charge in [-0.1, -0.05) is 137 Å². The lowest BCUT2D eigenvalue weighted by molar-refractivity contribution is -0.150. The molecule has 4 heterocycles. The summed E-state index contributed by atoms with van der Waals surface area (Å²) < 4.78 is 11.7. The molecule has 2 aliphatic heterocycles. The van der Waals surface area contributed by atoms with Crippen molar-refractivity contribution < 1.29 is 43.4 Å². The first-order chi connectivity index (χ1) is 33.3. The van der Waals surface area contributed by atoms with Gasteiger partial charge in [0, 0.05) is 45.4 Å². The van der Waals surface area contributed by atoms with Crippen LogP contribution in [-0.2, 0) is 40.0 Å². The van der Waals surface area contributed by atoms with Crippen LogP contribution >= 0.6 is 58.2 Å². The molecule has 5 aromatic rings. The Morgan fingerprint density at radius 3 is 1.99 bits per heavy atom. The molecule has 0 bridgehead atoms. The van der Waals surface area contributed by atoms with E-state index in [4.69, 9.17) is 25.9 Å². The fourth-order valence-corrected chi connectivity index (χ4v) is 12.3. The summed E-state index contributed by atoms with van der Waals surface area (Å²) in [5.41, 5.74) is -0.726. The maximum atomic E-state index is 14.8. The summed E-state index contributed by atoms with van der Waals surface area (Å²) in [6.07, 6.45) is -1.29. The average molecular weight is 1040 g/mol. The first-order valence-electron chi connectivity index (χ1n) is 21.8. The summed E-state index contributed by atoms with van der Waals surface area (Å²) in [5, 5.41) is 22.5. The van der Waals surface area contributed by atoms with E-state index in [9.17, 15) is 29.1 Å². The topological polar surface area (TPSA) is 211 Å². The number of anilines is 1. The second-order valence-electron chi connectivity index (χ2n) is 17.6. The Kier molecular flexibility index (Phi) is 16.5. The minimum atomic E-state index is -1.42. The van der Waals surface area contributed by atoms with Gasteiger partial charge < -0.3 is 30.1 Å². The molecule has 0 radical (unpaired) electrons. The number of halogens is 1. The molecule has 1 saturated heterocycles. The molecule has 366 valence electrons. The van der Waals surface area contributed by atoms with Crippen LogP contribution in [0, 0.1) is 0 Å². The van der Waals surface area contributed by atoms with Crippen molar-refractivity contribution in [1.29, 1.82) is 0 Å². The Morgan fingerprint density at radius 2 is 1.41 bits per heavy atom. The lowest BCUT2D eigenvalue weighted by Gasteiger charge is -2.49. The Morgan fingerprint density at radius 1 is 0.829 bits per heavy atom. The summed E-state index contributed by atoms with van der Waals surface area (Å²) in [6, 6.07) is 31.6. The van der Waals surface area contributed by atoms with Gasteiger partial charge in [-0.2, -0.15) is 11.8 Å². The Labute approximate surface area is 426 Å². The van der Waals surface area contributed by atoms with Crippen LogP contribution in [0.4, 0.5) is 15.4 Å². The van der Waals surface area contributed by atoms with E-state index < -0.39 is 58.2 Å². The zero-order valence-electron chi connectivity index (χ0n) is 38.9. The van der Waals surface area contributed by atoms with Crippen LogP contribution in [0.15, 0.2) is 129 Å². The number of amides is 4. The maximum Gasteiger partial charge on any atom is 0.413 e. The van der Waals surface area contributed by atoms with Gasteiger partial charge in [-0.25, -0.2) is 24.4 Å². The monoisotopic (exact) mass is 1040 g/mol. The van der Waals surface area contributed by atoms with Crippen molar-refractivity contribution in [3.63, 3.8) is 0 Å². The van der Waals surface area contributed by atoms with E-state index in [0.717, 1.165) is 0 Å². The molecule has 2 atom stereocenters. The second kappa shape index (κ2) is 22.4. The van der Waals surface area contributed by atoms with E-state index in [1.165, 1.54) is 63.7 Å². The number of rotatable bonds is 17. The Hall–Kier alpha value is -6.06. The highest BCUT2D eigenvalue weighted by molar-refractivity contribution is 8.07. The van der Waals surface area contributed by atoms with E-state index in [0.29, 0.717) is 49.5 Å². The number of thiazole rings is 1.